The summed E-state index contributed by atoms with van der Waals surface area (Å²) in [6.45, 7) is 6.53. The van der Waals surface area contributed by atoms with Crippen LogP contribution in [0, 0.1) is 0 Å². The van der Waals surface area contributed by atoms with Gasteiger partial charge in [0.1, 0.15) is 0 Å². The zero-order chi connectivity index (χ0) is 14.4. The van der Waals surface area contributed by atoms with E-state index in [1.165, 1.54) is 24.9 Å². The average Bonchev–Trinajstić information content (AvgIpc) is 2.94. The van der Waals surface area contributed by atoms with Gasteiger partial charge in [0.2, 0.25) is 0 Å². The molecule has 2 rings (SSSR count). The van der Waals surface area contributed by atoms with Crippen molar-refractivity contribution in [3.8, 4) is 0 Å². The van der Waals surface area contributed by atoms with Crippen LogP contribution in [0.5, 0.6) is 0 Å². The van der Waals surface area contributed by atoms with Crippen LogP contribution in [0.4, 0.5) is 0 Å². The Balaban J connectivity index is 1.78. The van der Waals surface area contributed by atoms with Gasteiger partial charge < -0.3 is 10.6 Å². The van der Waals surface area contributed by atoms with Crippen molar-refractivity contribution in [2.45, 2.75) is 32.4 Å². The fourth-order valence-electron chi connectivity index (χ4n) is 2.84. The minimum Gasteiger partial charge on any atom is -0.355 e. The Kier molecular flexibility index (Phi) is 5.56. The van der Waals surface area contributed by atoms with Crippen LogP contribution < -0.4 is 10.6 Å². The van der Waals surface area contributed by atoms with E-state index in [0.29, 0.717) is 11.6 Å². The van der Waals surface area contributed by atoms with E-state index in [1.807, 2.05) is 24.3 Å². The minimum atomic E-state index is -0.0333. The first kappa shape index (κ1) is 15.0. The molecule has 4 heteroatoms. The molecular weight excluding hydrogens is 250 g/mol. The van der Waals surface area contributed by atoms with Gasteiger partial charge in [-0.05, 0) is 43.6 Å². The molecule has 2 N–H and O–H groups in total. The molecule has 1 unspecified atom stereocenters. The lowest BCUT2D eigenvalue weighted by atomic mass is 10.1. The second-order valence-electron chi connectivity index (χ2n) is 5.33. The summed E-state index contributed by atoms with van der Waals surface area (Å²) in [5.74, 6) is -0.0333. The number of benzene rings is 1. The molecule has 0 spiro atoms. The number of nitrogens with one attached hydrogen (secondary N) is 2. The fraction of sp³-hybridized carbons (Fsp3) is 0.562. The van der Waals surface area contributed by atoms with Crippen LogP contribution in [-0.2, 0) is 6.54 Å². The van der Waals surface area contributed by atoms with Crippen LogP contribution in [-0.4, -0.2) is 43.5 Å². The van der Waals surface area contributed by atoms with Gasteiger partial charge in [0.05, 0.1) is 0 Å². The van der Waals surface area contributed by atoms with Crippen molar-refractivity contribution >= 4 is 5.91 Å². The van der Waals surface area contributed by atoms with Crippen molar-refractivity contribution in [2.75, 3.05) is 26.7 Å². The summed E-state index contributed by atoms with van der Waals surface area (Å²) < 4.78 is 0. The fourth-order valence-corrected chi connectivity index (χ4v) is 2.84. The molecule has 1 amide bonds. The molecule has 4 nitrogen and oxygen atoms in total. The van der Waals surface area contributed by atoms with Crippen LogP contribution in [0.25, 0.3) is 0 Å². The third-order valence-electron chi connectivity index (χ3n) is 4.06. The average molecular weight is 275 g/mol. The van der Waals surface area contributed by atoms with E-state index >= 15 is 0 Å². The first-order valence-corrected chi connectivity index (χ1v) is 7.50. The molecule has 0 radical (unpaired) electrons. The van der Waals surface area contributed by atoms with Gasteiger partial charge in [-0.3, -0.25) is 9.69 Å². The number of hydrogen-bond donors (Lipinski definition) is 2. The molecule has 1 aromatic carbocycles. The van der Waals surface area contributed by atoms with E-state index < -0.39 is 0 Å². The summed E-state index contributed by atoms with van der Waals surface area (Å²) in [4.78, 5) is 14.0. The van der Waals surface area contributed by atoms with E-state index in [-0.39, 0.29) is 5.91 Å². The van der Waals surface area contributed by atoms with Crippen LogP contribution >= 0.6 is 0 Å². The number of carbonyl (C=O) groups is 1. The highest BCUT2D eigenvalue weighted by molar-refractivity contribution is 5.93. The van der Waals surface area contributed by atoms with Crippen LogP contribution in [0.3, 0.4) is 0 Å². The van der Waals surface area contributed by atoms with Crippen molar-refractivity contribution in [2.24, 2.45) is 0 Å². The summed E-state index contributed by atoms with van der Waals surface area (Å²) in [6, 6.07) is 8.48. The largest absolute Gasteiger partial charge is 0.355 e. The second kappa shape index (κ2) is 7.41. The molecule has 1 aromatic rings. The van der Waals surface area contributed by atoms with Crippen molar-refractivity contribution in [1.82, 2.24) is 15.5 Å². The zero-order valence-corrected chi connectivity index (χ0v) is 12.5. The first-order chi connectivity index (χ1) is 9.74. The molecule has 1 atom stereocenters. The Labute approximate surface area is 121 Å². The molecule has 1 saturated heterocycles. The highest BCUT2D eigenvalue weighted by atomic mass is 16.1. The third kappa shape index (κ3) is 3.81. The molecule has 1 aliphatic rings. The zero-order valence-electron chi connectivity index (χ0n) is 12.5. The van der Waals surface area contributed by atoms with Crippen LogP contribution in [0.15, 0.2) is 24.3 Å². The van der Waals surface area contributed by atoms with Crippen molar-refractivity contribution < 1.29 is 4.79 Å². The molecule has 0 bridgehead atoms. The summed E-state index contributed by atoms with van der Waals surface area (Å²) in [5, 5.41) is 6.16. The maximum atomic E-state index is 11.4. The topological polar surface area (TPSA) is 44.4 Å². The quantitative estimate of drug-likeness (QED) is 0.829. The van der Waals surface area contributed by atoms with E-state index in [1.54, 1.807) is 7.05 Å². The molecule has 0 aliphatic carbocycles. The van der Waals surface area contributed by atoms with E-state index in [9.17, 15) is 4.79 Å². The molecule has 1 aliphatic heterocycles. The van der Waals surface area contributed by atoms with Gasteiger partial charge in [-0.2, -0.15) is 0 Å². The maximum Gasteiger partial charge on any atom is 0.251 e. The van der Waals surface area contributed by atoms with Crippen molar-refractivity contribution in [3.05, 3.63) is 35.4 Å². The van der Waals surface area contributed by atoms with Crippen LogP contribution in [0.1, 0.15) is 35.7 Å². The van der Waals surface area contributed by atoms with E-state index in [2.05, 4.69) is 22.5 Å². The monoisotopic (exact) mass is 275 g/mol. The number of hydrogen-bond acceptors (Lipinski definition) is 3. The van der Waals surface area contributed by atoms with Gasteiger partial charge in [-0.25, -0.2) is 0 Å². The molecule has 1 fully saturated rings. The normalized spacial score (nSPS) is 19.2. The number of likely N-dealkylation sites (tertiary alicyclic amines) is 1. The lowest BCUT2D eigenvalue weighted by Gasteiger charge is -2.23. The summed E-state index contributed by atoms with van der Waals surface area (Å²) in [6.07, 6.45) is 2.62. The number of nitrogens with zero attached hydrogens (tertiary/aromatic N) is 1. The summed E-state index contributed by atoms with van der Waals surface area (Å²) in [5.41, 5.74) is 1.93. The SMILES string of the molecule is CCN1CCCC1CNCc1ccc(C(=O)NC)cc1. The number of rotatable bonds is 6. The second-order valence-corrected chi connectivity index (χ2v) is 5.33. The highest BCUT2D eigenvalue weighted by Crippen LogP contribution is 2.15. The smallest absolute Gasteiger partial charge is 0.251 e. The van der Waals surface area contributed by atoms with Gasteiger partial charge in [0.15, 0.2) is 0 Å². The third-order valence-corrected chi connectivity index (χ3v) is 4.06. The van der Waals surface area contributed by atoms with Crippen LogP contribution in [0.2, 0.25) is 0 Å². The number of carbonyl (C=O) groups excluding carboxylic acids is 1. The lowest BCUT2D eigenvalue weighted by molar-refractivity contribution is 0.0963. The first-order valence-electron chi connectivity index (χ1n) is 7.50. The molecule has 110 valence electrons. The van der Waals surface area contributed by atoms with Gasteiger partial charge in [-0.1, -0.05) is 19.1 Å². The maximum absolute atomic E-state index is 11.4. The Morgan fingerprint density at radius 2 is 2.10 bits per heavy atom. The van der Waals surface area contributed by atoms with Gasteiger partial charge >= 0.3 is 0 Å². The van der Waals surface area contributed by atoms with E-state index in [4.69, 9.17) is 0 Å². The molecular formula is C16H25N3O. The number of likely N-dealkylation sites (N-methyl/N-ethyl adjacent to an activating group) is 1. The summed E-state index contributed by atoms with van der Waals surface area (Å²) >= 11 is 0. The predicted molar refractivity (Wildman–Crippen MR) is 81.8 cm³/mol. The Morgan fingerprint density at radius 1 is 1.35 bits per heavy atom. The standard InChI is InChI=1S/C16H25N3O/c1-3-19-10-4-5-15(19)12-18-11-13-6-8-14(9-7-13)16(20)17-2/h6-9,15,18H,3-5,10-12H2,1-2H3,(H,17,20). The minimum absolute atomic E-state index is 0.0333. The van der Waals surface area contributed by atoms with E-state index in [0.717, 1.165) is 19.6 Å². The van der Waals surface area contributed by atoms with Gasteiger partial charge in [0.25, 0.3) is 5.91 Å². The molecule has 1 heterocycles. The Bertz CT molecular complexity index is 430. The molecule has 0 aromatic heterocycles. The molecule has 0 saturated carbocycles. The predicted octanol–water partition coefficient (Wildman–Crippen LogP) is 1.62. The lowest BCUT2D eigenvalue weighted by Crippen LogP contribution is -2.37. The van der Waals surface area contributed by atoms with Gasteiger partial charge in [-0.15, -0.1) is 0 Å². The van der Waals surface area contributed by atoms with Gasteiger partial charge in [0, 0.05) is 31.7 Å². The Morgan fingerprint density at radius 3 is 2.75 bits per heavy atom. The summed E-state index contributed by atoms with van der Waals surface area (Å²) in [7, 11) is 1.65. The molecule has 20 heavy (non-hydrogen) atoms. The number of amides is 1. The van der Waals surface area contributed by atoms with Crippen molar-refractivity contribution in [1.29, 1.82) is 0 Å². The Hall–Kier alpha value is -1.39. The van der Waals surface area contributed by atoms with Crippen molar-refractivity contribution in [3.63, 3.8) is 0 Å². The highest BCUT2D eigenvalue weighted by Gasteiger charge is 2.21.